The summed E-state index contributed by atoms with van der Waals surface area (Å²) in [7, 11) is 0. The van der Waals surface area contributed by atoms with E-state index in [-0.39, 0.29) is 0 Å². The maximum atomic E-state index is 9.38. The number of rotatable bonds is 3. The average molecular weight is 190 g/mol. The number of phenols is 1. The van der Waals surface area contributed by atoms with Crippen LogP contribution in [0.25, 0.3) is 0 Å². The molecule has 0 aliphatic heterocycles. The van der Waals surface area contributed by atoms with Gasteiger partial charge in [-0.15, -0.1) is 0 Å². The zero-order chi connectivity index (χ0) is 10.6. The first-order valence-electron chi connectivity index (χ1n) is 5.05. The molecule has 1 aromatic rings. The van der Waals surface area contributed by atoms with Crippen LogP contribution in [-0.2, 0) is 6.42 Å². The second-order valence-corrected chi connectivity index (χ2v) is 3.67. The van der Waals surface area contributed by atoms with Gasteiger partial charge in [-0.3, -0.25) is 0 Å². The summed E-state index contributed by atoms with van der Waals surface area (Å²) < 4.78 is 0. The second-order valence-electron chi connectivity index (χ2n) is 3.67. The first-order chi connectivity index (χ1) is 6.65. The zero-order valence-electron chi connectivity index (χ0n) is 9.17. The van der Waals surface area contributed by atoms with Crippen LogP contribution in [0.1, 0.15) is 30.0 Å². The molecular weight excluding hydrogens is 172 g/mol. The Balaban J connectivity index is 2.85. The van der Waals surface area contributed by atoms with E-state index >= 15 is 0 Å². The summed E-state index contributed by atoms with van der Waals surface area (Å²) in [6.07, 6.45) is 6.38. The minimum atomic E-state index is 0.370. The van der Waals surface area contributed by atoms with Crippen molar-refractivity contribution in [2.75, 3.05) is 0 Å². The van der Waals surface area contributed by atoms with Gasteiger partial charge < -0.3 is 5.11 Å². The van der Waals surface area contributed by atoms with Gasteiger partial charge in [0.25, 0.3) is 0 Å². The van der Waals surface area contributed by atoms with Gasteiger partial charge in [0.15, 0.2) is 0 Å². The third kappa shape index (κ3) is 2.63. The van der Waals surface area contributed by atoms with E-state index in [0.29, 0.717) is 5.75 Å². The summed E-state index contributed by atoms with van der Waals surface area (Å²) in [6, 6.07) is 3.66. The Kier molecular flexibility index (Phi) is 3.75. The predicted octanol–water partition coefficient (Wildman–Crippen LogP) is 3.52. The quantitative estimate of drug-likeness (QED) is 0.723. The predicted molar refractivity (Wildman–Crippen MR) is 60.7 cm³/mol. The van der Waals surface area contributed by atoms with Crippen molar-refractivity contribution in [3.05, 3.63) is 41.0 Å². The molecule has 0 saturated heterocycles. The smallest absolute Gasteiger partial charge is 0.116 e. The summed E-state index contributed by atoms with van der Waals surface area (Å²) in [5, 5.41) is 9.38. The summed E-state index contributed by atoms with van der Waals surface area (Å²) >= 11 is 0. The Morgan fingerprint density at radius 2 is 1.79 bits per heavy atom. The van der Waals surface area contributed by atoms with Crippen molar-refractivity contribution in [2.24, 2.45) is 0 Å². The standard InChI is InChI=1S/C13H18O/c1-4-5-6-7-13-10(2)8-12(14)9-11(13)3/h4-5,8-9,14H,6-7H2,1-3H3/b5-4-. The molecule has 0 atom stereocenters. The summed E-state index contributed by atoms with van der Waals surface area (Å²) in [4.78, 5) is 0. The largest absolute Gasteiger partial charge is 0.508 e. The topological polar surface area (TPSA) is 20.2 Å². The summed E-state index contributed by atoms with van der Waals surface area (Å²) in [6.45, 7) is 6.14. The molecule has 1 nitrogen and oxygen atoms in total. The van der Waals surface area contributed by atoms with Crippen molar-refractivity contribution in [1.82, 2.24) is 0 Å². The number of allylic oxidation sites excluding steroid dienone is 2. The van der Waals surface area contributed by atoms with E-state index in [4.69, 9.17) is 0 Å². The lowest BCUT2D eigenvalue weighted by atomic mass is 9.98. The highest BCUT2D eigenvalue weighted by Gasteiger charge is 2.03. The Labute approximate surface area is 86.1 Å². The molecule has 1 rings (SSSR count). The van der Waals surface area contributed by atoms with Crippen LogP contribution in [-0.4, -0.2) is 5.11 Å². The molecule has 0 aliphatic carbocycles. The first kappa shape index (κ1) is 10.8. The SMILES string of the molecule is C/C=C\CCc1c(C)cc(O)cc1C. The molecule has 0 radical (unpaired) electrons. The van der Waals surface area contributed by atoms with Crippen LogP contribution >= 0.6 is 0 Å². The van der Waals surface area contributed by atoms with Gasteiger partial charge in [0.1, 0.15) is 5.75 Å². The molecule has 0 spiro atoms. The van der Waals surface area contributed by atoms with Crippen LogP contribution in [0, 0.1) is 13.8 Å². The van der Waals surface area contributed by atoms with Gasteiger partial charge in [-0.25, -0.2) is 0 Å². The van der Waals surface area contributed by atoms with Crippen LogP contribution in [0.15, 0.2) is 24.3 Å². The molecule has 0 saturated carbocycles. The number of hydrogen-bond donors (Lipinski definition) is 1. The van der Waals surface area contributed by atoms with Crippen molar-refractivity contribution in [3.63, 3.8) is 0 Å². The van der Waals surface area contributed by atoms with Crippen LogP contribution in [0.4, 0.5) is 0 Å². The highest BCUT2D eigenvalue weighted by Crippen LogP contribution is 2.21. The van der Waals surface area contributed by atoms with Crippen LogP contribution in [0.3, 0.4) is 0 Å². The Morgan fingerprint density at radius 1 is 1.21 bits per heavy atom. The average Bonchev–Trinajstić information content (AvgIpc) is 2.09. The lowest BCUT2D eigenvalue weighted by Gasteiger charge is -2.09. The fourth-order valence-electron chi connectivity index (χ4n) is 1.76. The van der Waals surface area contributed by atoms with Crippen molar-refractivity contribution < 1.29 is 5.11 Å². The third-order valence-corrected chi connectivity index (χ3v) is 2.48. The highest BCUT2D eigenvalue weighted by atomic mass is 16.3. The van der Waals surface area contributed by atoms with E-state index in [2.05, 4.69) is 26.0 Å². The number of benzene rings is 1. The first-order valence-corrected chi connectivity index (χ1v) is 5.05. The molecule has 1 N–H and O–H groups in total. The lowest BCUT2D eigenvalue weighted by molar-refractivity contribution is 0.474. The van der Waals surface area contributed by atoms with Gasteiger partial charge in [-0.05, 0) is 62.4 Å². The van der Waals surface area contributed by atoms with E-state index in [1.807, 2.05) is 19.1 Å². The van der Waals surface area contributed by atoms with Gasteiger partial charge >= 0.3 is 0 Å². The number of phenolic OH excluding ortho intramolecular Hbond substituents is 1. The normalized spacial score (nSPS) is 11.1. The Hall–Kier alpha value is -1.24. The molecule has 0 aliphatic rings. The maximum absolute atomic E-state index is 9.38. The molecule has 0 amide bonds. The molecule has 1 aromatic carbocycles. The van der Waals surface area contributed by atoms with Crippen molar-refractivity contribution in [3.8, 4) is 5.75 Å². The van der Waals surface area contributed by atoms with Crippen LogP contribution < -0.4 is 0 Å². The Bertz CT molecular complexity index is 314. The molecule has 0 heterocycles. The molecule has 14 heavy (non-hydrogen) atoms. The van der Waals surface area contributed by atoms with Crippen molar-refractivity contribution in [1.29, 1.82) is 0 Å². The monoisotopic (exact) mass is 190 g/mol. The van der Waals surface area contributed by atoms with E-state index in [1.54, 1.807) is 0 Å². The number of aromatic hydroxyl groups is 1. The maximum Gasteiger partial charge on any atom is 0.116 e. The van der Waals surface area contributed by atoms with E-state index in [0.717, 1.165) is 12.8 Å². The van der Waals surface area contributed by atoms with E-state index in [1.165, 1.54) is 16.7 Å². The minimum absolute atomic E-state index is 0.370. The van der Waals surface area contributed by atoms with Crippen molar-refractivity contribution >= 4 is 0 Å². The fourth-order valence-corrected chi connectivity index (χ4v) is 1.76. The summed E-state index contributed by atoms with van der Waals surface area (Å²) in [5.41, 5.74) is 3.74. The summed E-state index contributed by atoms with van der Waals surface area (Å²) in [5.74, 6) is 0.370. The third-order valence-electron chi connectivity index (χ3n) is 2.48. The Morgan fingerprint density at radius 3 is 2.29 bits per heavy atom. The molecule has 76 valence electrons. The van der Waals surface area contributed by atoms with E-state index in [9.17, 15) is 5.11 Å². The second kappa shape index (κ2) is 4.85. The lowest BCUT2D eigenvalue weighted by Crippen LogP contribution is -1.93. The van der Waals surface area contributed by atoms with Crippen LogP contribution in [0.2, 0.25) is 0 Å². The highest BCUT2D eigenvalue weighted by molar-refractivity contribution is 5.40. The number of hydrogen-bond acceptors (Lipinski definition) is 1. The number of aryl methyl sites for hydroxylation is 2. The van der Waals surface area contributed by atoms with Gasteiger partial charge in [0.05, 0.1) is 0 Å². The molecule has 0 fully saturated rings. The molecule has 1 heteroatoms. The fraction of sp³-hybridized carbons (Fsp3) is 0.385. The molecular formula is C13H18O. The van der Waals surface area contributed by atoms with Gasteiger partial charge in [-0.1, -0.05) is 12.2 Å². The van der Waals surface area contributed by atoms with Crippen LogP contribution in [0.5, 0.6) is 5.75 Å². The zero-order valence-corrected chi connectivity index (χ0v) is 9.17. The van der Waals surface area contributed by atoms with Gasteiger partial charge in [0.2, 0.25) is 0 Å². The molecule has 0 bridgehead atoms. The minimum Gasteiger partial charge on any atom is -0.508 e. The van der Waals surface area contributed by atoms with Gasteiger partial charge in [0, 0.05) is 0 Å². The van der Waals surface area contributed by atoms with Gasteiger partial charge in [-0.2, -0.15) is 0 Å². The molecule has 0 aromatic heterocycles. The van der Waals surface area contributed by atoms with E-state index < -0.39 is 0 Å². The molecule has 0 unspecified atom stereocenters. The van der Waals surface area contributed by atoms with Crippen molar-refractivity contribution in [2.45, 2.75) is 33.6 Å².